The van der Waals surface area contributed by atoms with E-state index in [0.717, 1.165) is 6.92 Å². The lowest BCUT2D eigenvalue weighted by Gasteiger charge is -2.24. The molecule has 11 heteroatoms. The van der Waals surface area contributed by atoms with Gasteiger partial charge in [0, 0.05) is 11.9 Å². The molecule has 0 saturated carbocycles. The quantitative estimate of drug-likeness (QED) is 0.763. The lowest BCUT2D eigenvalue weighted by atomic mass is 10.1. The van der Waals surface area contributed by atoms with Crippen LogP contribution < -0.4 is 0 Å². The molecular weight excluding hydrogens is 422 g/mol. The number of halogens is 5. The van der Waals surface area contributed by atoms with Crippen molar-refractivity contribution in [2.24, 2.45) is 0 Å². The first kappa shape index (κ1) is 21.6. The average Bonchev–Trinajstić information content (AvgIpc) is 2.85. The lowest BCUT2D eigenvalue weighted by molar-refractivity contribution is -0.148. The van der Waals surface area contributed by atoms with Crippen LogP contribution in [0.2, 0.25) is 10.0 Å². The number of carbonyl (C=O) groups is 2. The molecule has 28 heavy (non-hydrogen) atoms. The highest BCUT2D eigenvalue weighted by molar-refractivity contribution is 6.33. The highest BCUT2D eigenvalue weighted by Crippen LogP contribution is 2.43. The van der Waals surface area contributed by atoms with Crippen molar-refractivity contribution in [3.05, 3.63) is 45.6 Å². The summed E-state index contributed by atoms with van der Waals surface area (Å²) in [4.78, 5) is 23.4. The summed E-state index contributed by atoms with van der Waals surface area (Å²) < 4.78 is 41.7. The highest BCUT2D eigenvalue weighted by Gasteiger charge is 2.41. The number of rotatable bonds is 5. The van der Waals surface area contributed by atoms with Crippen molar-refractivity contribution in [3.63, 3.8) is 0 Å². The number of hydrogen-bond donors (Lipinski definition) is 1. The molecule has 0 spiro atoms. The largest absolute Gasteiger partial charge is 0.480 e. The van der Waals surface area contributed by atoms with Gasteiger partial charge >= 0.3 is 12.1 Å². The molecule has 0 unspecified atom stereocenters. The lowest BCUT2D eigenvalue weighted by Crippen LogP contribution is -2.36. The van der Waals surface area contributed by atoms with Gasteiger partial charge in [-0.2, -0.15) is 18.4 Å². The molecule has 0 bridgehead atoms. The van der Waals surface area contributed by atoms with Crippen LogP contribution in [0, 0.1) is 11.3 Å². The van der Waals surface area contributed by atoms with E-state index in [4.69, 9.17) is 28.3 Å². The first-order valence-electron chi connectivity index (χ1n) is 7.59. The molecule has 1 N–H and O–H groups in total. The Hall–Kier alpha value is -2.70. The summed E-state index contributed by atoms with van der Waals surface area (Å²) in [6.45, 7) is -0.575. The van der Waals surface area contributed by atoms with Crippen molar-refractivity contribution in [1.29, 1.82) is 5.26 Å². The number of benzene rings is 1. The molecule has 148 valence electrons. The second-order valence-corrected chi connectivity index (χ2v) is 6.50. The SMILES string of the molecule is CC(=O)N(CC(=O)O)Cn1c(-c2ccc(Cl)cc2)c(C#N)c(Cl)c1C(F)(F)F. The number of nitrogens with zero attached hydrogens (tertiary/aromatic N) is 3. The summed E-state index contributed by atoms with van der Waals surface area (Å²) in [5.41, 5.74) is -1.81. The molecule has 1 aromatic heterocycles. The number of carboxylic acids is 1. The summed E-state index contributed by atoms with van der Waals surface area (Å²) in [5, 5.41) is 17.8. The number of alkyl halides is 3. The van der Waals surface area contributed by atoms with E-state index in [0.29, 0.717) is 14.5 Å². The number of carboxylic acid groups (broad SMARTS) is 1. The average molecular weight is 434 g/mol. The predicted molar refractivity (Wildman–Crippen MR) is 94.6 cm³/mol. The van der Waals surface area contributed by atoms with E-state index in [2.05, 4.69) is 0 Å². The smallest absolute Gasteiger partial charge is 0.433 e. The summed E-state index contributed by atoms with van der Waals surface area (Å²) in [6.07, 6.45) is -4.96. The third-order valence-corrected chi connectivity index (χ3v) is 4.41. The molecule has 6 nitrogen and oxygen atoms in total. The van der Waals surface area contributed by atoms with E-state index in [9.17, 15) is 28.0 Å². The molecule has 1 amide bonds. The molecule has 0 atom stereocenters. The van der Waals surface area contributed by atoms with Crippen molar-refractivity contribution in [3.8, 4) is 17.3 Å². The summed E-state index contributed by atoms with van der Waals surface area (Å²) >= 11 is 11.7. The normalized spacial score (nSPS) is 11.2. The first-order chi connectivity index (χ1) is 13.0. The number of aromatic nitrogens is 1. The number of carbonyl (C=O) groups excluding carboxylic acids is 1. The Kier molecular flexibility index (Phi) is 6.27. The van der Waals surface area contributed by atoms with E-state index in [1.54, 1.807) is 6.07 Å². The molecule has 0 radical (unpaired) electrons. The standard InChI is InChI=1S/C17H12Cl2F3N3O3/c1-9(26)24(7-13(27)28)8-25-15(10-2-4-11(18)5-3-10)12(6-23)14(19)16(25)17(20,21)22/h2-5H,7-8H2,1H3,(H,27,28). The molecule has 1 heterocycles. The zero-order valence-electron chi connectivity index (χ0n) is 14.2. The van der Waals surface area contributed by atoms with Crippen LogP contribution in [0.4, 0.5) is 13.2 Å². The van der Waals surface area contributed by atoms with Crippen molar-refractivity contribution in [2.75, 3.05) is 6.54 Å². The van der Waals surface area contributed by atoms with Crippen LogP contribution >= 0.6 is 23.2 Å². The van der Waals surface area contributed by atoms with Gasteiger partial charge in [0.2, 0.25) is 5.91 Å². The maximum atomic E-state index is 13.7. The van der Waals surface area contributed by atoms with Gasteiger partial charge in [0.05, 0.1) is 22.9 Å². The molecular formula is C17H12Cl2F3N3O3. The zero-order chi connectivity index (χ0) is 21.2. The van der Waals surface area contributed by atoms with Crippen molar-refractivity contribution in [1.82, 2.24) is 9.47 Å². The highest BCUT2D eigenvalue weighted by atomic mass is 35.5. The van der Waals surface area contributed by atoms with Gasteiger partial charge in [-0.1, -0.05) is 35.3 Å². The monoisotopic (exact) mass is 433 g/mol. The van der Waals surface area contributed by atoms with Gasteiger partial charge in [-0.25, -0.2) is 0 Å². The molecule has 0 fully saturated rings. The van der Waals surface area contributed by atoms with Crippen LogP contribution in [0.15, 0.2) is 24.3 Å². The van der Waals surface area contributed by atoms with Gasteiger partial charge in [0.1, 0.15) is 18.3 Å². The second-order valence-electron chi connectivity index (χ2n) is 5.68. The van der Waals surface area contributed by atoms with E-state index in [1.165, 1.54) is 24.3 Å². The van der Waals surface area contributed by atoms with E-state index >= 15 is 0 Å². The van der Waals surface area contributed by atoms with Crippen LogP contribution in [0.5, 0.6) is 0 Å². The molecule has 0 aliphatic rings. The Bertz CT molecular complexity index is 963. The van der Waals surface area contributed by atoms with Gasteiger partial charge in [0.25, 0.3) is 0 Å². The predicted octanol–water partition coefficient (Wildman–Crippen LogP) is 4.24. The molecule has 0 saturated heterocycles. The van der Waals surface area contributed by atoms with E-state index < -0.39 is 47.5 Å². The molecule has 0 aliphatic heterocycles. The summed E-state index contributed by atoms with van der Waals surface area (Å²) in [7, 11) is 0. The van der Waals surface area contributed by atoms with Gasteiger partial charge in [0.15, 0.2) is 0 Å². The summed E-state index contributed by atoms with van der Waals surface area (Å²) in [6, 6.07) is 7.25. The zero-order valence-corrected chi connectivity index (χ0v) is 15.7. The third kappa shape index (κ3) is 4.40. The van der Waals surface area contributed by atoms with Crippen LogP contribution in [0.1, 0.15) is 18.2 Å². The van der Waals surface area contributed by atoms with Crippen molar-refractivity contribution >= 4 is 35.1 Å². The molecule has 2 rings (SSSR count). The minimum Gasteiger partial charge on any atom is -0.480 e. The van der Waals surface area contributed by atoms with Gasteiger partial charge < -0.3 is 14.6 Å². The van der Waals surface area contributed by atoms with Crippen molar-refractivity contribution in [2.45, 2.75) is 19.8 Å². The topological polar surface area (TPSA) is 86.3 Å². The minimum absolute atomic E-state index is 0.192. The van der Waals surface area contributed by atoms with Crippen LogP contribution in [0.3, 0.4) is 0 Å². The number of hydrogen-bond acceptors (Lipinski definition) is 3. The van der Waals surface area contributed by atoms with Crippen LogP contribution in [-0.4, -0.2) is 33.0 Å². The number of aliphatic carboxylic acids is 1. The Morgan fingerprint density at radius 1 is 1.25 bits per heavy atom. The molecule has 2 aromatic rings. The van der Waals surface area contributed by atoms with E-state index in [1.807, 2.05) is 0 Å². The fourth-order valence-electron chi connectivity index (χ4n) is 2.61. The molecule has 0 aliphatic carbocycles. The first-order valence-corrected chi connectivity index (χ1v) is 8.35. The summed E-state index contributed by atoms with van der Waals surface area (Å²) in [5.74, 6) is -2.17. The fraction of sp³-hybridized carbons (Fsp3) is 0.235. The van der Waals surface area contributed by atoms with Gasteiger partial charge in [-0.3, -0.25) is 9.59 Å². The third-order valence-electron chi connectivity index (χ3n) is 3.79. The Labute approximate surface area is 167 Å². The fourth-order valence-corrected chi connectivity index (χ4v) is 3.08. The number of nitriles is 1. The van der Waals surface area contributed by atoms with Gasteiger partial charge in [-0.05, 0) is 17.7 Å². The maximum Gasteiger partial charge on any atom is 0.433 e. The Balaban J connectivity index is 2.79. The Morgan fingerprint density at radius 2 is 1.82 bits per heavy atom. The van der Waals surface area contributed by atoms with Crippen LogP contribution in [-0.2, 0) is 22.4 Å². The molecule has 1 aromatic carbocycles. The minimum atomic E-state index is -4.96. The second kappa shape index (κ2) is 8.12. The van der Waals surface area contributed by atoms with Crippen LogP contribution in [0.25, 0.3) is 11.3 Å². The van der Waals surface area contributed by atoms with Gasteiger partial charge in [-0.15, -0.1) is 0 Å². The van der Waals surface area contributed by atoms with Crippen molar-refractivity contribution < 1.29 is 27.9 Å². The van der Waals surface area contributed by atoms with E-state index in [-0.39, 0.29) is 11.3 Å². The Morgan fingerprint density at radius 3 is 2.25 bits per heavy atom. The number of amides is 1. The maximum absolute atomic E-state index is 13.7.